The number of hydrogen-bond acceptors (Lipinski definition) is 6. The molecule has 1 fully saturated rings. The highest BCUT2D eigenvalue weighted by molar-refractivity contribution is 6.31. The first-order valence-electron chi connectivity index (χ1n) is 11.5. The molecule has 0 saturated carbocycles. The van der Waals surface area contributed by atoms with E-state index < -0.39 is 0 Å². The standard InChI is InChI=1S/C26H26ClFN6O.ClH/c1-35-20-12-10-19(11-13-20)18-34-26(29-30-31-34)25(21-6-2-3-7-22(21)27)33-16-14-32(15-17-33)24-9-5-4-8-23(24)28;/h2-13,25H,14-18H2,1H3;1H. The number of halogens is 3. The summed E-state index contributed by atoms with van der Waals surface area (Å²) in [5.74, 6) is 1.31. The van der Waals surface area contributed by atoms with Gasteiger partial charge < -0.3 is 9.64 Å². The first kappa shape index (κ1) is 25.9. The van der Waals surface area contributed by atoms with Crippen molar-refractivity contribution >= 4 is 29.7 Å². The largest absolute Gasteiger partial charge is 0.497 e. The van der Waals surface area contributed by atoms with Gasteiger partial charge in [0.15, 0.2) is 5.82 Å². The van der Waals surface area contributed by atoms with Crippen molar-refractivity contribution < 1.29 is 9.13 Å². The highest BCUT2D eigenvalue weighted by Crippen LogP contribution is 2.33. The molecule has 10 heteroatoms. The number of nitrogens with zero attached hydrogens (tertiary/aromatic N) is 6. The Morgan fingerprint density at radius 1 is 0.944 bits per heavy atom. The number of tetrazole rings is 1. The van der Waals surface area contributed by atoms with E-state index in [2.05, 4.69) is 25.3 Å². The monoisotopic (exact) mass is 528 g/mol. The summed E-state index contributed by atoms with van der Waals surface area (Å²) in [5.41, 5.74) is 2.63. The molecule has 1 saturated heterocycles. The van der Waals surface area contributed by atoms with Gasteiger partial charge in [-0.2, -0.15) is 0 Å². The number of aromatic nitrogens is 4. The van der Waals surface area contributed by atoms with E-state index >= 15 is 0 Å². The summed E-state index contributed by atoms with van der Waals surface area (Å²) in [5, 5.41) is 13.4. The molecule has 7 nitrogen and oxygen atoms in total. The second kappa shape index (κ2) is 11.7. The Balaban J connectivity index is 0.00000304. The Morgan fingerprint density at radius 2 is 1.64 bits per heavy atom. The van der Waals surface area contributed by atoms with Crippen LogP contribution in [0.1, 0.15) is 23.0 Å². The fraction of sp³-hybridized carbons (Fsp3) is 0.269. The van der Waals surface area contributed by atoms with Crippen LogP contribution in [0.3, 0.4) is 0 Å². The lowest BCUT2D eigenvalue weighted by molar-refractivity contribution is 0.201. The number of anilines is 1. The van der Waals surface area contributed by atoms with E-state index in [1.54, 1.807) is 13.2 Å². The average molecular weight is 529 g/mol. The molecule has 4 aromatic rings. The first-order chi connectivity index (χ1) is 17.1. The predicted molar refractivity (Wildman–Crippen MR) is 141 cm³/mol. The maximum absolute atomic E-state index is 14.4. The third-order valence-electron chi connectivity index (χ3n) is 6.37. The lowest BCUT2D eigenvalue weighted by atomic mass is 10.0. The maximum Gasteiger partial charge on any atom is 0.173 e. The van der Waals surface area contributed by atoms with Crippen LogP contribution in [0.5, 0.6) is 5.75 Å². The molecule has 0 N–H and O–H groups in total. The average Bonchev–Trinajstić information content (AvgIpc) is 3.34. The number of benzene rings is 3. The van der Waals surface area contributed by atoms with E-state index in [4.69, 9.17) is 16.3 Å². The summed E-state index contributed by atoms with van der Waals surface area (Å²) in [6.07, 6.45) is 0. The topological polar surface area (TPSA) is 59.3 Å². The van der Waals surface area contributed by atoms with Crippen LogP contribution in [0, 0.1) is 5.82 Å². The molecule has 5 rings (SSSR count). The van der Waals surface area contributed by atoms with E-state index in [9.17, 15) is 4.39 Å². The fourth-order valence-electron chi connectivity index (χ4n) is 4.55. The molecule has 0 spiro atoms. The van der Waals surface area contributed by atoms with Crippen molar-refractivity contribution in [2.24, 2.45) is 0 Å². The van der Waals surface area contributed by atoms with Crippen molar-refractivity contribution in [2.75, 3.05) is 38.2 Å². The van der Waals surface area contributed by atoms with E-state index in [0.717, 1.165) is 16.9 Å². The molecule has 0 bridgehead atoms. The highest BCUT2D eigenvalue weighted by Gasteiger charge is 2.32. The summed E-state index contributed by atoms with van der Waals surface area (Å²) in [4.78, 5) is 4.39. The second-order valence-corrected chi connectivity index (χ2v) is 8.85. The van der Waals surface area contributed by atoms with Gasteiger partial charge >= 0.3 is 0 Å². The van der Waals surface area contributed by atoms with Crippen LogP contribution in [0.2, 0.25) is 5.02 Å². The van der Waals surface area contributed by atoms with E-state index in [1.807, 2.05) is 65.3 Å². The van der Waals surface area contributed by atoms with Gasteiger partial charge in [0.1, 0.15) is 11.6 Å². The van der Waals surface area contributed by atoms with Crippen molar-refractivity contribution in [1.29, 1.82) is 0 Å². The van der Waals surface area contributed by atoms with Gasteiger partial charge in [-0.1, -0.05) is 54.1 Å². The van der Waals surface area contributed by atoms with Crippen LogP contribution in [0.15, 0.2) is 72.8 Å². The highest BCUT2D eigenvalue weighted by atomic mass is 35.5. The Morgan fingerprint density at radius 3 is 2.33 bits per heavy atom. The lowest BCUT2D eigenvalue weighted by Gasteiger charge is -2.40. The lowest BCUT2D eigenvalue weighted by Crippen LogP contribution is -2.48. The Bertz CT molecular complexity index is 1280. The minimum absolute atomic E-state index is 0. The third-order valence-corrected chi connectivity index (χ3v) is 6.71. The van der Waals surface area contributed by atoms with E-state index in [1.165, 1.54) is 6.07 Å². The Kier molecular flexibility index (Phi) is 8.40. The first-order valence-corrected chi connectivity index (χ1v) is 11.9. The van der Waals surface area contributed by atoms with Crippen molar-refractivity contribution in [2.45, 2.75) is 12.6 Å². The van der Waals surface area contributed by atoms with Gasteiger partial charge in [-0.25, -0.2) is 9.07 Å². The summed E-state index contributed by atoms with van der Waals surface area (Å²) in [6.45, 7) is 3.30. The quantitative estimate of drug-likeness (QED) is 0.341. The molecule has 1 atom stereocenters. The van der Waals surface area contributed by atoms with Crippen LogP contribution < -0.4 is 9.64 Å². The van der Waals surface area contributed by atoms with Crippen molar-refractivity contribution in [3.8, 4) is 5.75 Å². The molecule has 0 radical (unpaired) electrons. The van der Waals surface area contributed by atoms with Gasteiger partial charge in [0.25, 0.3) is 0 Å². The zero-order valence-corrected chi connectivity index (χ0v) is 21.4. The molecule has 1 aliphatic rings. The third kappa shape index (κ3) is 5.46. The Hall–Kier alpha value is -3.20. The molecular formula is C26H27Cl2FN6O. The molecule has 1 unspecified atom stereocenters. The van der Waals surface area contributed by atoms with Crippen LogP contribution in [-0.2, 0) is 6.54 Å². The van der Waals surface area contributed by atoms with Crippen molar-refractivity contribution in [3.05, 3.63) is 101 Å². The van der Waals surface area contributed by atoms with Crippen LogP contribution in [-0.4, -0.2) is 58.4 Å². The Labute approximate surface area is 220 Å². The molecule has 2 heterocycles. The number of hydrogen-bond donors (Lipinski definition) is 0. The summed E-state index contributed by atoms with van der Waals surface area (Å²) < 4.78 is 21.5. The van der Waals surface area contributed by atoms with Gasteiger partial charge in [0.05, 0.1) is 25.4 Å². The number of methoxy groups -OCH3 is 1. The summed E-state index contributed by atoms with van der Waals surface area (Å²) in [7, 11) is 1.65. The molecule has 0 amide bonds. The van der Waals surface area contributed by atoms with Gasteiger partial charge in [-0.3, -0.25) is 4.90 Å². The molecule has 0 aliphatic carbocycles. The molecule has 1 aliphatic heterocycles. The zero-order chi connectivity index (χ0) is 24.2. The minimum Gasteiger partial charge on any atom is -0.497 e. The molecule has 3 aromatic carbocycles. The zero-order valence-electron chi connectivity index (χ0n) is 19.8. The van der Waals surface area contributed by atoms with Crippen molar-refractivity contribution in [1.82, 2.24) is 25.1 Å². The SMILES string of the molecule is COc1ccc(Cn2nnnc2C(c2ccccc2Cl)N2CCN(c3ccccc3F)CC2)cc1.Cl. The van der Waals surface area contributed by atoms with Gasteiger partial charge in [0.2, 0.25) is 0 Å². The van der Waals surface area contributed by atoms with Gasteiger partial charge in [-0.15, -0.1) is 17.5 Å². The van der Waals surface area contributed by atoms with Crippen molar-refractivity contribution in [3.63, 3.8) is 0 Å². The van der Waals surface area contributed by atoms with Gasteiger partial charge in [0, 0.05) is 31.2 Å². The van der Waals surface area contributed by atoms with Crippen LogP contribution >= 0.6 is 24.0 Å². The molecule has 36 heavy (non-hydrogen) atoms. The van der Waals surface area contributed by atoms with Gasteiger partial charge in [-0.05, 0) is 51.9 Å². The minimum atomic E-state index is -0.236. The molecular weight excluding hydrogens is 502 g/mol. The fourth-order valence-corrected chi connectivity index (χ4v) is 4.79. The summed E-state index contributed by atoms with van der Waals surface area (Å²) >= 11 is 6.67. The summed E-state index contributed by atoms with van der Waals surface area (Å²) in [6, 6.07) is 22.3. The van der Waals surface area contributed by atoms with E-state index in [0.29, 0.717) is 49.3 Å². The maximum atomic E-state index is 14.4. The normalized spacial score (nSPS) is 14.8. The number of piperazine rings is 1. The number of ether oxygens (including phenoxy) is 1. The van der Waals surface area contributed by atoms with Crippen LogP contribution in [0.4, 0.5) is 10.1 Å². The smallest absolute Gasteiger partial charge is 0.173 e. The number of rotatable bonds is 7. The second-order valence-electron chi connectivity index (χ2n) is 8.44. The molecule has 1 aromatic heterocycles. The molecule has 188 valence electrons. The predicted octanol–water partition coefficient (Wildman–Crippen LogP) is 4.86. The van der Waals surface area contributed by atoms with Crippen LogP contribution in [0.25, 0.3) is 0 Å². The van der Waals surface area contributed by atoms with E-state index in [-0.39, 0.29) is 24.3 Å². The number of para-hydroxylation sites is 1.